The summed E-state index contributed by atoms with van der Waals surface area (Å²) in [6, 6.07) is 5.77. The van der Waals surface area contributed by atoms with E-state index in [1.807, 2.05) is 25.1 Å². The molecule has 0 aliphatic carbocycles. The highest BCUT2D eigenvalue weighted by Gasteiger charge is 2.31. The molecule has 0 bridgehead atoms. The van der Waals surface area contributed by atoms with Gasteiger partial charge < -0.3 is 4.74 Å². The Hall–Kier alpha value is -1.31. The van der Waals surface area contributed by atoms with Crippen LogP contribution in [-0.2, 0) is 0 Å². The maximum atomic E-state index is 11.8. The van der Waals surface area contributed by atoms with Crippen molar-refractivity contribution in [2.45, 2.75) is 32.8 Å². The quantitative estimate of drug-likeness (QED) is 0.716. The SMILES string of the molecule is CCCC1Oc2ccc(C)cc2C1=O. The van der Waals surface area contributed by atoms with Crippen LogP contribution in [0.25, 0.3) is 0 Å². The summed E-state index contributed by atoms with van der Waals surface area (Å²) < 4.78 is 5.57. The van der Waals surface area contributed by atoms with Gasteiger partial charge in [0.15, 0.2) is 6.10 Å². The summed E-state index contributed by atoms with van der Waals surface area (Å²) in [5, 5.41) is 0. The molecule has 1 heterocycles. The molecular weight excluding hydrogens is 176 g/mol. The van der Waals surface area contributed by atoms with Crippen LogP contribution in [0.4, 0.5) is 0 Å². The van der Waals surface area contributed by atoms with Gasteiger partial charge in [0.2, 0.25) is 5.78 Å². The first-order chi connectivity index (χ1) is 6.72. The third-order valence-corrected chi connectivity index (χ3v) is 2.51. The molecule has 2 rings (SSSR count). The van der Waals surface area contributed by atoms with Crippen molar-refractivity contribution in [1.29, 1.82) is 0 Å². The number of carbonyl (C=O) groups excluding carboxylic acids is 1. The minimum atomic E-state index is -0.239. The number of hydrogen-bond acceptors (Lipinski definition) is 2. The molecule has 0 N–H and O–H groups in total. The van der Waals surface area contributed by atoms with Crippen LogP contribution in [0.1, 0.15) is 35.7 Å². The van der Waals surface area contributed by atoms with Crippen LogP contribution in [-0.4, -0.2) is 11.9 Å². The van der Waals surface area contributed by atoms with Gasteiger partial charge in [-0.05, 0) is 25.5 Å². The topological polar surface area (TPSA) is 26.3 Å². The molecule has 14 heavy (non-hydrogen) atoms. The first-order valence-corrected chi connectivity index (χ1v) is 5.04. The number of benzene rings is 1. The predicted molar refractivity (Wildman–Crippen MR) is 54.8 cm³/mol. The molecule has 0 saturated carbocycles. The summed E-state index contributed by atoms with van der Waals surface area (Å²) in [6.07, 6.45) is 1.55. The van der Waals surface area contributed by atoms with Crippen LogP contribution >= 0.6 is 0 Å². The Labute approximate surface area is 83.9 Å². The molecule has 0 saturated heterocycles. The number of fused-ring (bicyclic) bond motifs is 1. The maximum Gasteiger partial charge on any atom is 0.207 e. The fraction of sp³-hybridized carbons (Fsp3) is 0.417. The van der Waals surface area contributed by atoms with E-state index in [2.05, 4.69) is 6.92 Å². The standard InChI is InChI=1S/C12H14O2/c1-3-4-11-12(13)9-7-8(2)5-6-10(9)14-11/h5-7,11H,3-4H2,1-2H3. The lowest BCUT2D eigenvalue weighted by Gasteiger charge is -2.06. The number of Topliss-reactive ketones (excluding diaryl/α,β-unsaturated/α-hetero) is 1. The number of ketones is 1. The van der Waals surface area contributed by atoms with E-state index >= 15 is 0 Å². The zero-order valence-electron chi connectivity index (χ0n) is 8.54. The Balaban J connectivity index is 2.31. The van der Waals surface area contributed by atoms with Crippen LogP contribution in [0, 0.1) is 6.92 Å². The predicted octanol–water partition coefficient (Wildman–Crippen LogP) is 2.74. The van der Waals surface area contributed by atoms with E-state index in [1.165, 1.54) is 0 Å². The lowest BCUT2D eigenvalue weighted by Crippen LogP contribution is -2.19. The lowest BCUT2D eigenvalue weighted by atomic mass is 10.0. The van der Waals surface area contributed by atoms with Crippen molar-refractivity contribution in [1.82, 2.24) is 0 Å². The minimum Gasteiger partial charge on any atom is -0.482 e. The summed E-state index contributed by atoms with van der Waals surface area (Å²) in [4.78, 5) is 11.8. The summed E-state index contributed by atoms with van der Waals surface area (Å²) >= 11 is 0. The van der Waals surface area contributed by atoms with Crippen LogP contribution in [0.15, 0.2) is 18.2 Å². The van der Waals surface area contributed by atoms with Gasteiger partial charge >= 0.3 is 0 Å². The van der Waals surface area contributed by atoms with Crippen molar-refractivity contribution in [3.05, 3.63) is 29.3 Å². The van der Waals surface area contributed by atoms with E-state index in [-0.39, 0.29) is 11.9 Å². The van der Waals surface area contributed by atoms with Gasteiger partial charge in [-0.15, -0.1) is 0 Å². The highest BCUT2D eigenvalue weighted by Crippen LogP contribution is 2.30. The van der Waals surface area contributed by atoms with Crippen molar-refractivity contribution in [2.24, 2.45) is 0 Å². The molecule has 0 radical (unpaired) electrons. The molecule has 1 aromatic carbocycles. The zero-order chi connectivity index (χ0) is 10.1. The van der Waals surface area contributed by atoms with Gasteiger partial charge in [0.1, 0.15) is 5.75 Å². The Kier molecular flexibility index (Phi) is 2.28. The van der Waals surface area contributed by atoms with Crippen LogP contribution in [0.2, 0.25) is 0 Å². The van der Waals surface area contributed by atoms with Gasteiger partial charge in [-0.2, -0.15) is 0 Å². The van der Waals surface area contributed by atoms with E-state index in [1.54, 1.807) is 0 Å². The Bertz CT molecular complexity index is 369. The molecule has 2 heteroatoms. The number of hydrogen-bond donors (Lipinski definition) is 0. The highest BCUT2D eigenvalue weighted by atomic mass is 16.5. The molecular formula is C12H14O2. The van der Waals surface area contributed by atoms with Gasteiger partial charge in [0, 0.05) is 0 Å². The number of rotatable bonds is 2. The smallest absolute Gasteiger partial charge is 0.207 e. The molecule has 74 valence electrons. The molecule has 0 spiro atoms. The number of ether oxygens (including phenoxy) is 1. The summed E-state index contributed by atoms with van der Waals surface area (Å²) in [5.41, 5.74) is 1.86. The van der Waals surface area contributed by atoms with Crippen molar-refractivity contribution in [2.75, 3.05) is 0 Å². The van der Waals surface area contributed by atoms with Crippen molar-refractivity contribution in [3.63, 3.8) is 0 Å². The second-order valence-corrected chi connectivity index (χ2v) is 3.76. The average Bonchev–Trinajstić information content (AvgIpc) is 2.46. The third-order valence-electron chi connectivity index (χ3n) is 2.51. The van der Waals surface area contributed by atoms with Crippen LogP contribution in [0.3, 0.4) is 0 Å². The lowest BCUT2D eigenvalue weighted by molar-refractivity contribution is 0.0845. The molecule has 1 unspecified atom stereocenters. The molecule has 2 nitrogen and oxygen atoms in total. The largest absolute Gasteiger partial charge is 0.482 e. The first kappa shape index (κ1) is 9.25. The molecule has 0 aromatic heterocycles. The normalized spacial score (nSPS) is 19.3. The summed E-state index contributed by atoms with van der Waals surface area (Å²) in [7, 11) is 0. The van der Waals surface area contributed by atoms with Gasteiger partial charge in [0.25, 0.3) is 0 Å². The first-order valence-electron chi connectivity index (χ1n) is 5.04. The summed E-state index contributed by atoms with van der Waals surface area (Å²) in [5.74, 6) is 0.893. The molecule has 0 fully saturated rings. The van der Waals surface area contributed by atoms with Gasteiger partial charge in [0.05, 0.1) is 5.56 Å². The minimum absolute atomic E-state index is 0.144. The van der Waals surface area contributed by atoms with E-state index in [4.69, 9.17) is 4.74 Å². The Morgan fingerprint density at radius 1 is 1.43 bits per heavy atom. The Morgan fingerprint density at radius 2 is 2.21 bits per heavy atom. The average molecular weight is 190 g/mol. The maximum absolute atomic E-state index is 11.8. The highest BCUT2D eigenvalue weighted by molar-refractivity contribution is 6.04. The van der Waals surface area contributed by atoms with Crippen LogP contribution < -0.4 is 4.74 Å². The van der Waals surface area contributed by atoms with Crippen LogP contribution in [0.5, 0.6) is 5.75 Å². The van der Waals surface area contributed by atoms with Gasteiger partial charge in [-0.3, -0.25) is 4.79 Å². The fourth-order valence-corrected chi connectivity index (χ4v) is 1.77. The fourth-order valence-electron chi connectivity index (χ4n) is 1.77. The molecule has 1 aromatic rings. The van der Waals surface area contributed by atoms with Crippen molar-refractivity contribution >= 4 is 5.78 Å². The monoisotopic (exact) mass is 190 g/mol. The van der Waals surface area contributed by atoms with Gasteiger partial charge in [-0.1, -0.05) is 25.0 Å². The van der Waals surface area contributed by atoms with Crippen molar-refractivity contribution < 1.29 is 9.53 Å². The molecule has 0 amide bonds. The van der Waals surface area contributed by atoms with E-state index in [9.17, 15) is 4.79 Å². The van der Waals surface area contributed by atoms with E-state index in [0.29, 0.717) is 0 Å². The van der Waals surface area contributed by atoms with Crippen molar-refractivity contribution in [3.8, 4) is 5.75 Å². The molecule has 1 aliphatic heterocycles. The second-order valence-electron chi connectivity index (χ2n) is 3.76. The zero-order valence-corrected chi connectivity index (χ0v) is 8.54. The van der Waals surface area contributed by atoms with Gasteiger partial charge in [-0.25, -0.2) is 0 Å². The third kappa shape index (κ3) is 1.41. The summed E-state index contributed by atoms with van der Waals surface area (Å²) in [6.45, 7) is 4.05. The van der Waals surface area contributed by atoms with E-state index < -0.39 is 0 Å². The molecule has 1 atom stereocenters. The Morgan fingerprint density at radius 3 is 2.93 bits per heavy atom. The van der Waals surface area contributed by atoms with E-state index in [0.717, 1.165) is 29.7 Å². The molecule has 1 aliphatic rings. The number of carbonyl (C=O) groups is 1. The second kappa shape index (κ2) is 3.45. The number of aryl methyl sites for hydroxylation is 1.